The van der Waals surface area contributed by atoms with E-state index >= 15 is 0 Å². The lowest BCUT2D eigenvalue weighted by Gasteiger charge is -2.20. The minimum absolute atomic E-state index is 0.149. The molecule has 6 nitrogen and oxygen atoms in total. The number of nitrogens with zero attached hydrogens (tertiary/aromatic N) is 3. The van der Waals surface area contributed by atoms with Crippen molar-refractivity contribution >= 4 is 23.2 Å². The highest BCUT2D eigenvalue weighted by atomic mass is 35.5. The third-order valence-electron chi connectivity index (χ3n) is 4.37. The molecule has 0 spiro atoms. The van der Waals surface area contributed by atoms with E-state index in [9.17, 15) is 4.79 Å². The molecule has 0 saturated heterocycles. The number of anilines is 1. The fourth-order valence-corrected chi connectivity index (χ4v) is 3.02. The molecular formula is C18H17ClN4O2. The molecule has 0 radical (unpaired) electrons. The number of benzene rings is 1. The first-order valence-corrected chi connectivity index (χ1v) is 8.61. The van der Waals surface area contributed by atoms with E-state index in [1.807, 2.05) is 18.3 Å². The fourth-order valence-electron chi connectivity index (χ4n) is 2.83. The molecule has 1 N–H and O–H groups in total. The van der Waals surface area contributed by atoms with Gasteiger partial charge in [-0.25, -0.2) is 0 Å². The molecule has 0 atom stereocenters. The summed E-state index contributed by atoms with van der Waals surface area (Å²) in [6.45, 7) is 0.149. The molecule has 0 unspecified atom stereocenters. The molecule has 2 aromatic heterocycles. The molecule has 1 amide bonds. The number of halogens is 1. The van der Waals surface area contributed by atoms with E-state index in [-0.39, 0.29) is 12.5 Å². The molecule has 1 fully saturated rings. The van der Waals surface area contributed by atoms with Crippen molar-refractivity contribution in [1.29, 1.82) is 0 Å². The summed E-state index contributed by atoms with van der Waals surface area (Å²) >= 11 is 5.94. The van der Waals surface area contributed by atoms with Gasteiger partial charge in [-0.3, -0.25) is 4.79 Å². The van der Waals surface area contributed by atoms with E-state index in [4.69, 9.17) is 16.0 Å². The van der Waals surface area contributed by atoms with Gasteiger partial charge in [-0.15, -0.1) is 10.2 Å². The van der Waals surface area contributed by atoms with Crippen molar-refractivity contribution < 1.29 is 9.21 Å². The lowest BCUT2D eigenvalue weighted by Crippen LogP contribution is -2.18. The van der Waals surface area contributed by atoms with Crippen molar-refractivity contribution in [2.24, 2.45) is 0 Å². The second kappa shape index (κ2) is 6.72. The molecule has 0 aliphatic heterocycles. The quantitative estimate of drug-likeness (QED) is 0.747. The van der Waals surface area contributed by atoms with E-state index in [2.05, 4.69) is 15.5 Å². The Hall–Kier alpha value is -2.60. The summed E-state index contributed by atoms with van der Waals surface area (Å²) in [5, 5.41) is 11.7. The molecule has 7 heteroatoms. The van der Waals surface area contributed by atoms with Crippen LogP contribution in [0.2, 0.25) is 5.02 Å². The Morgan fingerprint density at radius 3 is 2.92 bits per heavy atom. The van der Waals surface area contributed by atoms with Gasteiger partial charge < -0.3 is 14.3 Å². The summed E-state index contributed by atoms with van der Waals surface area (Å²) in [4.78, 5) is 12.3. The maximum absolute atomic E-state index is 12.3. The van der Waals surface area contributed by atoms with Crippen LogP contribution in [0.15, 0.2) is 47.0 Å². The molecular weight excluding hydrogens is 340 g/mol. The largest absolute Gasteiger partial charge is 0.419 e. The second-order valence-electron chi connectivity index (χ2n) is 6.15. The monoisotopic (exact) mass is 356 g/mol. The predicted octanol–water partition coefficient (Wildman–Crippen LogP) is 4.10. The van der Waals surface area contributed by atoms with Gasteiger partial charge in [-0.1, -0.05) is 24.1 Å². The van der Waals surface area contributed by atoms with Crippen molar-refractivity contribution in [3.8, 4) is 11.6 Å². The first-order chi connectivity index (χ1) is 12.2. The van der Waals surface area contributed by atoms with E-state index in [1.54, 1.807) is 28.8 Å². The van der Waals surface area contributed by atoms with E-state index in [0.717, 1.165) is 18.5 Å². The molecule has 4 rings (SSSR count). The number of carbonyl (C=O) groups is 1. The number of aromatic nitrogens is 3. The molecule has 25 heavy (non-hydrogen) atoms. The average Bonchev–Trinajstić information content (AvgIpc) is 3.14. The van der Waals surface area contributed by atoms with E-state index in [1.165, 1.54) is 6.42 Å². The molecule has 0 bridgehead atoms. The standard InChI is InChI=1S/C18H17ClN4O2/c19-13-6-2-7-14(10-13)20-16(24)11-23-9-3-8-15(23)18-22-21-17(25-18)12-4-1-5-12/h2-3,6-10,12H,1,4-5,11H2,(H,20,24). The van der Waals surface area contributed by atoms with Crippen molar-refractivity contribution in [3.63, 3.8) is 0 Å². The first-order valence-electron chi connectivity index (χ1n) is 8.23. The number of nitrogens with one attached hydrogen (secondary N) is 1. The van der Waals surface area contributed by atoms with Gasteiger partial charge in [0.15, 0.2) is 0 Å². The highest BCUT2D eigenvalue weighted by Crippen LogP contribution is 2.36. The van der Waals surface area contributed by atoms with Gasteiger partial charge in [0.05, 0.1) is 0 Å². The molecule has 1 aliphatic rings. The van der Waals surface area contributed by atoms with Gasteiger partial charge in [0, 0.05) is 22.8 Å². The third kappa shape index (κ3) is 3.44. The normalized spacial score (nSPS) is 14.3. The Labute approximate surface area is 149 Å². The average molecular weight is 357 g/mol. The zero-order valence-electron chi connectivity index (χ0n) is 13.5. The Bertz CT molecular complexity index is 898. The minimum atomic E-state index is -0.154. The van der Waals surface area contributed by atoms with Crippen LogP contribution in [-0.4, -0.2) is 20.7 Å². The van der Waals surface area contributed by atoms with Crippen LogP contribution >= 0.6 is 11.6 Å². The summed E-state index contributed by atoms with van der Waals surface area (Å²) in [7, 11) is 0. The van der Waals surface area contributed by atoms with Gasteiger partial charge in [0.25, 0.3) is 5.89 Å². The second-order valence-corrected chi connectivity index (χ2v) is 6.59. The number of hydrogen-bond donors (Lipinski definition) is 1. The number of carbonyl (C=O) groups excluding carboxylic acids is 1. The maximum Gasteiger partial charge on any atom is 0.264 e. The van der Waals surface area contributed by atoms with E-state index < -0.39 is 0 Å². The SMILES string of the molecule is O=C(Cn1cccc1-c1nnc(C2CCC2)o1)Nc1cccc(Cl)c1. The predicted molar refractivity (Wildman–Crippen MR) is 94.4 cm³/mol. The summed E-state index contributed by atoms with van der Waals surface area (Å²) in [6.07, 6.45) is 5.23. The molecule has 1 aliphatic carbocycles. The molecule has 2 heterocycles. The van der Waals surface area contributed by atoms with Crippen molar-refractivity contribution in [2.75, 3.05) is 5.32 Å². The maximum atomic E-state index is 12.3. The summed E-state index contributed by atoms with van der Waals surface area (Å²) in [5.74, 6) is 1.37. The highest BCUT2D eigenvalue weighted by Gasteiger charge is 2.26. The Kier molecular flexibility index (Phi) is 4.28. The Balaban J connectivity index is 1.47. The molecule has 1 saturated carbocycles. The van der Waals surface area contributed by atoms with E-state index in [0.29, 0.717) is 28.4 Å². The zero-order chi connectivity index (χ0) is 17.2. The number of hydrogen-bond acceptors (Lipinski definition) is 4. The molecule has 128 valence electrons. The topological polar surface area (TPSA) is 73.0 Å². The van der Waals surface area contributed by atoms with Gasteiger partial charge in [-0.2, -0.15) is 0 Å². The zero-order valence-corrected chi connectivity index (χ0v) is 14.2. The van der Waals surface area contributed by atoms with Crippen LogP contribution in [0.3, 0.4) is 0 Å². The minimum Gasteiger partial charge on any atom is -0.419 e. The van der Waals surface area contributed by atoms with Gasteiger partial charge in [0.2, 0.25) is 11.8 Å². The molecule has 1 aromatic carbocycles. The summed E-state index contributed by atoms with van der Waals surface area (Å²) in [5.41, 5.74) is 1.40. The summed E-state index contributed by atoms with van der Waals surface area (Å²) in [6, 6.07) is 10.8. The van der Waals surface area contributed by atoms with Crippen molar-refractivity contribution in [3.05, 3.63) is 53.5 Å². The van der Waals surface area contributed by atoms with Crippen molar-refractivity contribution in [2.45, 2.75) is 31.7 Å². The fraction of sp³-hybridized carbons (Fsp3) is 0.278. The first kappa shape index (κ1) is 15.9. The van der Waals surface area contributed by atoms with Crippen LogP contribution in [0.4, 0.5) is 5.69 Å². The van der Waals surface area contributed by atoms with Crippen LogP contribution in [0, 0.1) is 0 Å². The number of amides is 1. The lowest BCUT2D eigenvalue weighted by atomic mass is 9.85. The smallest absolute Gasteiger partial charge is 0.264 e. The van der Waals surface area contributed by atoms with Crippen LogP contribution in [0.25, 0.3) is 11.6 Å². The third-order valence-corrected chi connectivity index (χ3v) is 4.60. The lowest BCUT2D eigenvalue weighted by molar-refractivity contribution is -0.116. The van der Waals surface area contributed by atoms with Crippen LogP contribution in [-0.2, 0) is 11.3 Å². The van der Waals surface area contributed by atoms with Gasteiger partial charge >= 0.3 is 0 Å². The Morgan fingerprint density at radius 1 is 1.28 bits per heavy atom. The highest BCUT2D eigenvalue weighted by molar-refractivity contribution is 6.30. The van der Waals surface area contributed by atoms with Crippen LogP contribution in [0.5, 0.6) is 0 Å². The van der Waals surface area contributed by atoms with Crippen LogP contribution < -0.4 is 5.32 Å². The number of rotatable bonds is 5. The Morgan fingerprint density at radius 2 is 2.16 bits per heavy atom. The molecule has 3 aromatic rings. The van der Waals surface area contributed by atoms with Crippen LogP contribution in [0.1, 0.15) is 31.1 Å². The van der Waals surface area contributed by atoms with Crippen molar-refractivity contribution in [1.82, 2.24) is 14.8 Å². The van der Waals surface area contributed by atoms with Gasteiger partial charge in [-0.05, 0) is 43.2 Å². The summed E-state index contributed by atoms with van der Waals surface area (Å²) < 4.78 is 7.59. The van der Waals surface area contributed by atoms with Gasteiger partial charge in [0.1, 0.15) is 12.2 Å².